The van der Waals surface area contributed by atoms with Gasteiger partial charge in [0.15, 0.2) is 0 Å². The highest BCUT2D eigenvalue weighted by Gasteiger charge is 2.17. The summed E-state index contributed by atoms with van der Waals surface area (Å²) in [5.41, 5.74) is 11.7. The first-order valence-electron chi connectivity index (χ1n) is 7.31. The fraction of sp³-hybridized carbons (Fsp3) is 0.176. The molecule has 0 spiro atoms. The molecular formula is C17H17N5. The first-order valence-corrected chi connectivity index (χ1v) is 7.31. The highest BCUT2D eigenvalue weighted by molar-refractivity contribution is 5.79. The van der Waals surface area contributed by atoms with Crippen LogP contribution >= 0.6 is 0 Å². The molecule has 1 unspecified atom stereocenters. The fourth-order valence-corrected chi connectivity index (χ4v) is 2.73. The Bertz CT molecular complexity index is 899. The molecule has 0 aliphatic rings. The van der Waals surface area contributed by atoms with Gasteiger partial charge in [0.2, 0.25) is 0 Å². The van der Waals surface area contributed by atoms with E-state index in [1.54, 1.807) is 0 Å². The molecule has 0 radical (unpaired) electrons. The van der Waals surface area contributed by atoms with Crippen LogP contribution in [0.2, 0.25) is 0 Å². The molecule has 110 valence electrons. The van der Waals surface area contributed by atoms with Crippen LogP contribution in [0.1, 0.15) is 30.1 Å². The van der Waals surface area contributed by atoms with Gasteiger partial charge in [0.25, 0.3) is 0 Å². The molecule has 4 aromatic rings. The zero-order chi connectivity index (χ0) is 15.3. The zero-order valence-corrected chi connectivity index (χ0v) is 12.5. The van der Waals surface area contributed by atoms with Gasteiger partial charge in [0.05, 0.1) is 28.0 Å². The summed E-state index contributed by atoms with van der Waals surface area (Å²) >= 11 is 0. The standard InChI is InChI=1S/C17H17N5/c1-9-3-5-12-14(7-9)21-16(19-12)10(2)17-20-13-6-4-11(18)8-15(13)22-17/h3-8,10H,18H2,1-2H3,(H,19,21)(H,20,22). The molecule has 5 nitrogen and oxygen atoms in total. The van der Waals surface area contributed by atoms with E-state index in [0.29, 0.717) is 0 Å². The van der Waals surface area contributed by atoms with Crippen LogP contribution in [0.3, 0.4) is 0 Å². The van der Waals surface area contributed by atoms with Gasteiger partial charge in [0.1, 0.15) is 11.6 Å². The number of aryl methyl sites for hydroxylation is 1. The molecule has 0 saturated carbocycles. The number of nitrogens with one attached hydrogen (secondary N) is 2. The van der Waals surface area contributed by atoms with E-state index in [1.807, 2.05) is 24.3 Å². The van der Waals surface area contributed by atoms with Crippen LogP contribution < -0.4 is 5.73 Å². The van der Waals surface area contributed by atoms with Gasteiger partial charge in [-0.05, 0) is 49.7 Å². The molecule has 2 aromatic carbocycles. The van der Waals surface area contributed by atoms with E-state index in [2.05, 4.69) is 45.9 Å². The normalized spacial score (nSPS) is 13.0. The molecule has 0 aliphatic carbocycles. The van der Waals surface area contributed by atoms with Crippen molar-refractivity contribution in [1.82, 2.24) is 19.9 Å². The molecule has 0 fully saturated rings. The van der Waals surface area contributed by atoms with E-state index in [9.17, 15) is 0 Å². The lowest BCUT2D eigenvalue weighted by Gasteiger charge is -2.03. The number of nitrogens with zero attached hydrogens (tertiary/aromatic N) is 2. The number of benzene rings is 2. The smallest absolute Gasteiger partial charge is 0.117 e. The lowest BCUT2D eigenvalue weighted by Crippen LogP contribution is -2.00. The van der Waals surface area contributed by atoms with E-state index in [0.717, 1.165) is 39.4 Å². The number of rotatable bonds is 2. The summed E-state index contributed by atoms with van der Waals surface area (Å²) in [7, 11) is 0. The molecule has 0 bridgehead atoms. The summed E-state index contributed by atoms with van der Waals surface area (Å²) in [6, 6.07) is 11.9. The number of hydrogen-bond acceptors (Lipinski definition) is 3. The minimum absolute atomic E-state index is 0.0568. The average Bonchev–Trinajstić information content (AvgIpc) is 3.08. The highest BCUT2D eigenvalue weighted by Crippen LogP contribution is 2.25. The maximum Gasteiger partial charge on any atom is 0.117 e. The monoisotopic (exact) mass is 291 g/mol. The molecule has 1 atom stereocenters. The van der Waals surface area contributed by atoms with Crippen LogP contribution in [0.5, 0.6) is 0 Å². The van der Waals surface area contributed by atoms with Crippen molar-refractivity contribution in [3.63, 3.8) is 0 Å². The largest absolute Gasteiger partial charge is 0.399 e. The van der Waals surface area contributed by atoms with Crippen molar-refractivity contribution in [2.75, 3.05) is 5.73 Å². The summed E-state index contributed by atoms with van der Waals surface area (Å²) in [6.07, 6.45) is 0. The van der Waals surface area contributed by atoms with Crippen LogP contribution in [0.4, 0.5) is 5.69 Å². The second-order valence-corrected chi connectivity index (χ2v) is 5.76. The van der Waals surface area contributed by atoms with Gasteiger partial charge in [-0.1, -0.05) is 6.07 Å². The maximum atomic E-state index is 5.82. The van der Waals surface area contributed by atoms with Crippen molar-refractivity contribution < 1.29 is 0 Å². The lowest BCUT2D eigenvalue weighted by molar-refractivity contribution is 0.790. The van der Waals surface area contributed by atoms with Crippen molar-refractivity contribution in [1.29, 1.82) is 0 Å². The lowest BCUT2D eigenvalue weighted by atomic mass is 10.1. The molecule has 0 saturated heterocycles. The van der Waals surface area contributed by atoms with Crippen LogP contribution in [0, 0.1) is 6.92 Å². The Hall–Kier alpha value is -2.82. The van der Waals surface area contributed by atoms with Gasteiger partial charge in [-0.2, -0.15) is 0 Å². The molecule has 4 N–H and O–H groups in total. The molecule has 4 rings (SSSR count). The number of aromatic amines is 2. The third-order valence-corrected chi connectivity index (χ3v) is 4.00. The summed E-state index contributed by atoms with van der Waals surface area (Å²) in [6.45, 7) is 4.17. The second kappa shape index (κ2) is 4.59. The number of nitrogens with two attached hydrogens (primary N) is 1. The molecular weight excluding hydrogens is 274 g/mol. The number of nitrogen functional groups attached to an aromatic ring is 1. The van der Waals surface area contributed by atoms with Crippen molar-refractivity contribution >= 4 is 27.8 Å². The van der Waals surface area contributed by atoms with Gasteiger partial charge < -0.3 is 15.7 Å². The van der Waals surface area contributed by atoms with Crippen molar-refractivity contribution in [3.05, 3.63) is 53.6 Å². The van der Waals surface area contributed by atoms with Gasteiger partial charge in [0, 0.05) is 5.69 Å². The Morgan fingerprint density at radius 3 is 2.18 bits per heavy atom. The number of H-pyrrole nitrogens is 2. The van der Waals surface area contributed by atoms with E-state index >= 15 is 0 Å². The zero-order valence-electron chi connectivity index (χ0n) is 12.5. The Morgan fingerprint density at radius 1 is 0.909 bits per heavy atom. The topological polar surface area (TPSA) is 83.4 Å². The average molecular weight is 291 g/mol. The van der Waals surface area contributed by atoms with Gasteiger partial charge in [-0.25, -0.2) is 9.97 Å². The highest BCUT2D eigenvalue weighted by atomic mass is 15.0. The van der Waals surface area contributed by atoms with Crippen molar-refractivity contribution in [3.8, 4) is 0 Å². The van der Waals surface area contributed by atoms with Crippen molar-refractivity contribution in [2.45, 2.75) is 19.8 Å². The first-order chi connectivity index (χ1) is 10.6. The predicted octanol–water partition coefficient (Wildman–Crippen LogP) is 3.48. The third-order valence-electron chi connectivity index (χ3n) is 4.00. The number of fused-ring (bicyclic) bond motifs is 2. The summed E-state index contributed by atoms with van der Waals surface area (Å²) in [4.78, 5) is 16.1. The second-order valence-electron chi connectivity index (χ2n) is 5.76. The minimum atomic E-state index is 0.0568. The van der Waals surface area contributed by atoms with Crippen LogP contribution in [-0.4, -0.2) is 19.9 Å². The van der Waals surface area contributed by atoms with Crippen LogP contribution in [0.15, 0.2) is 36.4 Å². The van der Waals surface area contributed by atoms with E-state index in [-0.39, 0.29) is 5.92 Å². The molecule has 0 aliphatic heterocycles. The van der Waals surface area contributed by atoms with E-state index < -0.39 is 0 Å². The maximum absolute atomic E-state index is 5.82. The molecule has 0 amide bonds. The van der Waals surface area contributed by atoms with Gasteiger partial charge in [-0.3, -0.25) is 0 Å². The fourth-order valence-electron chi connectivity index (χ4n) is 2.73. The summed E-state index contributed by atoms with van der Waals surface area (Å²) in [5.74, 6) is 1.85. The summed E-state index contributed by atoms with van der Waals surface area (Å²) < 4.78 is 0. The summed E-state index contributed by atoms with van der Waals surface area (Å²) in [5, 5.41) is 0. The Labute approximate surface area is 127 Å². The van der Waals surface area contributed by atoms with Crippen LogP contribution in [-0.2, 0) is 0 Å². The molecule has 22 heavy (non-hydrogen) atoms. The van der Waals surface area contributed by atoms with E-state index in [4.69, 9.17) is 5.73 Å². The minimum Gasteiger partial charge on any atom is -0.399 e. The predicted molar refractivity (Wildman–Crippen MR) is 88.9 cm³/mol. The van der Waals surface area contributed by atoms with Gasteiger partial charge in [-0.15, -0.1) is 0 Å². The Morgan fingerprint density at radius 2 is 1.50 bits per heavy atom. The molecule has 2 heterocycles. The van der Waals surface area contributed by atoms with E-state index in [1.165, 1.54) is 5.56 Å². The van der Waals surface area contributed by atoms with Crippen molar-refractivity contribution in [2.24, 2.45) is 0 Å². The quantitative estimate of drug-likeness (QED) is 0.494. The number of aromatic nitrogens is 4. The van der Waals surface area contributed by atoms with Gasteiger partial charge >= 0.3 is 0 Å². The molecule has 2 aromatic heterocycles. The third kappa shape index (κ3) is 2.02. The number of anilines is 1. The number of hydrogen-bond donors (Lipinski definition) is 3. The Balaban J connectivity index is 1.78. The molecule has 5 heteroatoms. The van der Waals surface area contributed by atoms with Crippen LogP contribution in [0.25, 0.3) is 22.1 Å². The SMILES string of the molecule is Cc1ccc2nc(C(C)c3nc4ccc(N)cc4[nH]3)[nH]c2c1. The Kier molecular flexibility index (Phi) is 2.69. The number of imidazole rings is 2. The first kappa shape index (κ1) is 12.9.